The van der Waals surface area contributed by atoms with Crippen molar-refractivity contribution in [2.24, 2.45) is 5.14 Å². The number of rotatable bonds is 5. The zero-order valence-corrected chi connectivity index (χ0v) is 10.1. The van der Waals surface area contributed by atoms with E-state index in [4.69, 9.17) is 15.6 Å². The van der Waals surface area contributed by atoms with Gasteiger partial charge in [0.15, 0.2) is 5.69 Å². The molecule has 96 valence electrons. The van der Waals surface area contributed by atoms with Crippen LogP contribution in [-0.2, 0) is 21.3 Å². The fourth-order valence-corrected chi connectivity index (χ4v) is 1.60. The van der Waals surface area contributed by atoms with Gasteiger partial charge < -0.3 is 15.0 Å². The molecule has 1 rings (SSSR count). The van der Waals surface area contributed by atoms with Crippen LogP contribution in [0.1, 0.15) is 17.4 Å². The molecule has 0 fully saturated rings. The first-order valence-electron chi connectivity index (χ1n) is 4.83. The number of carbonyl (C=O) groups is 1. The lowest BCUT2D eigenvalue weighted by Crippen LogP contribution is -2.21. The quantitative estimate of drug-likeness (QED) is 0.650. The van der Waals surface area contributed by atoms with Crippen LogP contribution >= 0.6 is 0 Å². The Kier molecular flexibility index (Phi) is 4.07. The summed E-state index contributed by atoms with van der Waals surface area (Å²) in [5, 5.41) is 4.85. The van der Waals surface area contributed by atoms with Crippen LogP contribution in [0.4, 0.5) is 5.82 Å². The Morgan fingerprint density at radius 1 is 1.59 bits per heavy atom. The number of primary sulfonamides is 1. The van der Waals surface area contributed by atoms with Crippen molar-refractivity contribution in [3.8, 4) is 0 Å². The molecule has 0 atom stereocenters. The Morgan fingerprint density at radius 2 is 2.24 bits per heavy atom. The molecule has 17 heavy (non-hydrogen) atoms. The average Bonchev–Trinajstić information content (AvgIpc) is 2.56. The van der Waals surface area contributed by atoms with Crippen LogP contribution in [0.2, 0.25) is 0 Å². The number of imidazole rings is 1. The molecule has 1 heterocycles. The Morgan fingerprint density at radius 3 is 2.76 bits per heavy atom. The molecule has 0 unspecified atom stereocenters. The molecule has 9 heteroatoms. The van der Waals surface area contributed by atoms with E-state index in [9.17, 15) is 13.2 Å². The Balaban J connectivity index is 2.81. The lowest BCUT2D eigenvalue weighted by Gasteiger charge is -2.04. The van der Waals surface area contributed by atoms with Gasteiger partial charge in [0.2, 0.25) is 10.0 Å². The first-order valence-corrected chi connectivity index (χ1v) is 6.55. The zero-order chi connectivity index (χ0) is 13.1. The minimum atomic E-state index is -3.58. The molecule has 8 nitrogen and oxygen atoms in total. The largest absolute Gasteiger partial charge is 0.461 e. The number of esters is 1. The summed E-state index contributed by atoms with van der Waals surface area (Å²) in [5.41, 5.74) is 5.60. The first-order chi connectivity index (χ1) is 7.85. The molecule has 0 aliphatic carbocycles. The van der Waals surface area contributed by atoms with Crippen LogP contribution in [0.3, 0.4) is 0 Å². The molecule has 0 aliphatic heterocycles. The number of aryl methyl sites for hydroxylation is 1. The van der Waals surface area contributed by atoms with Gasteiger partial charge in [-0.25, -0.2) is 23.3 Å². The van der Waals surface area contributed by atoms with Crippen molar-refractivity contribution in [2.75, 3.05) is 18.1 Å². The summed E-state index contributed by atoms with van der Waals surface area (Å²) < 4.78 is 27.6. The molecule has 0 saturated carbocycles. The van der Waals surface area contributed by atoms with Crippen LogP contribution in [0, 0.1) is 0 Å². The van der Waals surface area contributed by atoms with E-state index in [0.29, 0.717) is 0 Å². The minimum Gasteiger partial charge on any atom is -0.461 e. The predicted molar refractivity (Wildman–Crippen MR) is 60.6 cm³/mol. The van der Waals surface area contributed by atoms with Crippen LogP contribution in [0.25, 0.3) is 0 Å². The normalized spacial score (nSPS) is 11.4. The highest BCUT2D eigenvalue weighted by molar-refractivity contribution is 7.89. The summed E-state index contributed by atoms with van der Waals surface area (Å²) in [6, 6.07) is 0. The lowest BCUT2D eigenvalue weighted by molar-refractivity contribution is 0.0521. The van der Waals surface area contributed by atoms with E-state index in [1.807, 2.05) is 0 Å². The monoisotopic (exact) mass is 262 g/mol. The van der Waals surface area contributed by atoms with Gasteiger partial charge in [0.25, 0.3) is 0 Å². The molecule has 0 aliphatic rings. The highest BCUT2D eigenvalue weighted by Crippen LogP contribution is 2.11. The third kappa shape index (κ3) is 3.71. The van der Waals surface area contributed by atoms with Crippen molar-refractivity contribution < 1.29 is 17.9 Å². The van der Waals surface area contributed by atoms with E-state index in [-0.39, 0.29) is 30.4 Å². The van der Waals surface area contributed by atoms with Crippen LogP contribution < -0.4 is 10.9 Å². The van der Waals surface area contributed by atoms with Crippen molar-refractivity contribution in [3.05, 3.63) is 12.0 Å². The zero-order valence-electron chi connectivity index (χ0n) is 9.29. The van der Waals surface area contributed by atoms with Gasteiger partial charge in [-0.1, -0.05) is 0 Å². The summed E-state index contributed by atoms with van der Waals surface area (Å²) in [7, 11) is -3.58. The Bertz CT molecular complexity index is 508. The lowest BCUT2D eigenvalue weighted by atomic mass is 10.4. The second kappa shape index (κ2) is 5.15. The van der Waals surface area contributed by atoms with Crippen molar-refractivity contribution in [1.82, 2.24) is 9.55 Å². The number of anilines is 1. The summed E-state index contributed by atoms with van der Waals surface area (Å²) in [5.74, 6) is -0.859. The summed E-state index contributed by atoms with van der Waals surface area (Å²) >= 11 is 0. The van der Waals surface area contributed by atoms with Gasteiger partial charge in [0, 0.05) is 6.54 Å². The van der Waals surface area contributed by atoms with Crippen molar-refractivity contribution in [3.63, 3.8) is 0 Å². The molecular weight excluding hydrogens is 248 g/mol. The maximum absolute atomic E-state index is 11.4. The number of ether oxygens (including phenoxy) is 1. The van der Waals surface area contributed by atoms with E-state index in [1.165, 1.54) is 10.9 Å². The molecule has 1 aromatic rings. The number of nitrogen functional groups attached to an aromatic ring is 1. The smallest absolute Gasteiger partial charge is 0.360 e. The van der Waals surface area contributed by atoms with Crippen molar-refractivity contribution in [2.45, 2.75) is 13.5 Å². The molecule has 0 bridgehead atoms. The molecule has 0 amide bonds. The summed E-state index contributed by atoms with van der Waals surface area (Å²) in [4.78, 5) is 15.1. The van der Waals surface area contributed by atoms with Gasteiger partial charge in [-0.15, -0.1) is 0 Å². The highest BCUT2D eigenvalue weighted by atomic mass is 32.2. The Hall–Kier alpha value is -1.61. The first kappa shape index (κ1) is 13.5. The van der Waals surface area contributed by atoms with Crippen molar-refractivity contribution >= 4 is 21.8 Å². The predicted octanol–water partition coefficient (Wildman–Crippen LogP) is -1.07. The van der Waals surface area contributed by atoms with Gasteiger partial charge in [-0.05, 0) is 6.92 Å². The standard InChI is InChI=1S/C8H14N4O4S/c1-2-16-8(13)6-7(9)12(5-11-6)3-4-17(10,14)15/h5H,2-4,9H2,1H3,(H2,10,14,15). The third-order valence-electron chi connectivity index (χ3n) is 1.96. The van der Waals surface area contributed by atoms with E-state index < -0.39 is 16.0 Å². The number of sulfonamides is 1. The molecule has 0 aromatic carbocycles. The van der Waals surface area contributed by atoms with Gasteiger partial charge in [0.05, 0.1) is 18.7 Å². The van der Waals surface area contributed by atoms with Gasteiger partial charge in [-0.2, -0.15) is 0 Å². The van der Waals surface area contributed by atoms with Crippen LogP contribution in [0.5, 0.6) is 0 Å². The highest BCUT2D eigenvalue weighted by Gasteiger charge is 2.17. The molecule has 4 N–H and O–H groups in total. The van der Waals surface area contributed by atoms with E-state index >= 15 is 0 Å². The van der Waals surface area contributed by atoms with E-state index in [0.717, 1.165) is 0 Å². The maximum Gasteiger partial charge on any atom is 0.360 e. The van der Waals surface area contributed by atoms with Crippen molar-refractivity contribution in [1.29, 1.82) is 0 Å². The summed E-state index contributed by atoms with van der Waals surface area (Å²) in [6.45, 7) is 1.91. The number of aromatic nitrogens is 2. The Labute approximate surface area is 98.6 Å². The van der Waals surface area contributed by atoms with Gasteiger partial charge in [0.1, 0.15) is 5.82 Å². The second-order valence-corrected chi connectivity index (χ2v) is 4.99. The number of hydrogen-bond acceptors (Lipinski definition) is 6. The van der Waals surface area contributed by atoms with Crippen LogP contribution in [-0.4, -0.2) is 36.3 Å². The third-order valence-corrected chi connectivity index (χ3v) is 2.72. The molecular formula is C8H14N4O4S. The molecule has 1 aromatic heterocycles. The average molecular weight is 262 g/mol. The summed E-state index contributed by atoms with van der Waals surface area (Å²) in [6.07, 6.45) is 1.27. The maximum atomic E-state index is 11.4. The van der Waals surface area contributed by atoms with Crippen LogP contribution in [0.15, 0.2) is 6.33 Å². The molecule has 0 radical (unpaired) electrons. The van der Waals surface area contributed by atoms with E-state index in [1.54, 1.807) is 6.92 Å². The fraction of sp³-hybridized carbons (Fsp3) is 0.500. The van der Waals surface area contributed by atoms with Gasteiger partial charge in [-0.3, -0.25) is 0 Å². The fourth-order valence-electron chi connectivity index (χ4n) is 1.15. The molecule has 0 spiro atoms. The van der Waals surface area contributed by atoms with E-state index in [2.05, 4.69) is 4.98 Å². The minimum absolute atomic E-state index is 0.0266. The number of nitrogens with zero attached hydrogens (tertiary/aromatic N) is 2. The number of hydrogen-bond donors (Lipinski definition) is 2. The van der Waals surface area contributed by atoms with Gasteiger partial charge >= 0.3 is 5.97 Å². The second-order valence-electron chi connectivity index (χ2n) is 3.26. The number of carbonyl (C=O) groups excluding carboxylic acids is 1. The topological polar surface area (TPSA) is 130 Å². The number of nitrogens with two attached hydrogens (primary N) is 2. The SMILES string of the molecule is CCOC(=O)c1ncn(CCS(N)(=O)=O)c1N. The molecule has 0 saturated heterocycles.